The molecule has 39 heavy (non-hydrogen) atoms. The molecule has 0 spiro atoms. The van der Waals surface area contributed by atoms with Gasteiger partial charge in [-0.05, 0) is 32.9 Å². The number of benzene rings is 1. The van der Waals surface area contributed by atoms with Crippen molar-refractivity contribution in [2.24, 2.45) is 0 Å². The zero-order valence-electron chi connectivity index (χ0n) is 20.8. The van der Waals surface area contributed by atoms with E-state index < -0.39 is 56.6 Å². The molecular formula is C22H25F4N6O6P. The number of para-hydroxylation sites is 1. The van der Waals surface area contributed by atoms with Crippen molar-refractivity contribution in [1.29, 1.82) is 0 Å². The number of fused-ring (bicyclic) bond motifs is 1. The van der Waals surface area contributed by atoms with Gasteiger partial charge in [-0.1, -0.05) is 18.2 Å². The third-order valence-electron chi connectivity index (χ3n) is 5.51. The van der Waals surface area contributed by atoms with E-state index in [2.05, 4.69) is 20.0 Å². The van der Waals surface area contributed by atoms with Crippen LogP contribution in [-0.2, 0) is 23.4 Å². The van der Waals surface area contributed by atoms with E-state index in [1.807, 2.05) is 0 Å². The topological polar surface area (TPSA) is 153 Å². The molecule has 17 heteroatoms. The van der Waals surface area contributed by atoms with Gasteiger partial charge in [0.2, 0.25) is 6.23 Å². The van der Waals surface area contributed by atoms with Gasteiger partial charge in [-0.2, -0.15) is 22.6 Å². The molecule has 3 N–H and O–H groups in total. The molecule has 212 valence electrons. The monoisotopic (exact) mass is 576 g/mol. The van der Waals surface area contributed by atoms with Gasteiger partial charge in [0.25, 0.3) is 0 Å². The lowest BCUT2D eigenvalue weighted by Gasteiger charge is -2.26. The zero-order valence-corrected chi connectivity index (χ0v) is 21.7. The summed E-state index contributed by atoms with van der Waals surface area (Å²) in [5, 5.41) is 2.29. The van der Waals surface area contributed by atoms with E-state index in [9.17, 15) is 18.1 Å². The van der Waals surface area contributed by atoms with Crippen LogP contribution in [-0.4, -0.2) is 62.2 Å². The third kappa shape index (κ3) is 5.69. The van der Waals surface area contributed by atoms with E-state index in [1.54, 1.807) is 19.9 Å². The van der Waals surface area contributed by atoms with Gasteiger partial charge in [-0.25, -0.2) is 19.5 Å². The second-order valence-corrected chi connectivity index (χ2v) is 10.5. The molecule has 1 aliphatic heterocycles. The Bertz CT molecular complexity index is 1380. The summed E-state index contributed by atoms with van der Waals surface area (Å²) in [6.07, 6.45) is -3.90. The summed E-state index contributed by atoms with van der Waals surface area (Å²) in [4.78, 5) is 23.5. The number of hydrogen-bond acceptors (Lipinski definition) is 10. The Morgan fingerprint density at radius 1 is 1.15 bits per heavy atom. The molecule has 3 aromatic rings. The molecule has 2 aromatic heterocycles. The third-order valence-corrected chi connectivity index (χ3v) is 7.16. The maximum atomic E-state index is 15.0. The van der Waals surface area contributed by atoms with Crippen LogP contribution in [0.1, 0.15) is 27.0 Å². The number of nitrogens with two attached hydrogens (primary N) is 1. The van der Waals surface area contributed by atoms with E-state index in [4.69, 9.17) is 24.3 Å². The standard InChI is InChI=1S/C22H25F4N6O6P/c1-12(2)36-19(33)13(3)31-39(34,38-14-7-5-4-6-8-14)35-9-15-21(23,24)22(25,26)20(37-15)32-11-30-16-17(27)28-10-29-18(16)32/h4-8,10-13,15,20H,9H2,1-3H3,(H,31,34)(H2,27,28,29)/t13-,15+,20+,39?/m0/s1. The smallest absolute Gasteiger partial charge is 0.459 e. The number of esters is 1. The van der Waals surface area contributed by atoms with Crippen LogP contribution in [0.4, 0.5) is 23.4 Å². The van der Waals surface area contributed by atoms with E-state index in [-0.39, 0.29) is 22.7 Å². The molecule has 1 unspecified atom stereocenters. The molecule has 1 aromatic carbocycles. The van der Waals surface area contributed by atoms with Crippen molar-refractivity contribution < 1.29 is 45.4 Å². The summed E-state index contributed by atoms with van der Waals surface area (Å²) in [6.45, 7) is 3.13. The molecular weight excluding hydrogens is 551 g/mol. The summed E-state index contributed by atoms with van der Waals surface area (Å²) in [7, 11) is -4.64. The highest BCUT2D eigenvalue weighted by molar-refractivity contribution is 7.52. The minimum atomic E-state index is -4.80. The van der Waals surface area contributed by atoms with Crippen molar-refractivity contribution in [1.82, 2.24) is 24.6 Å². The Balaban J connectivity index is 1.58. The Hall–Kier alpha value is -3.33. The quantitative estimate of drug-likeness (QED) is 0.206. The highest BCUT2D eigenvalue weighted by Gasteiger charge is 2.73. The maximum absolute atomic E-state index is 15.0. The fourth-order valence-electron chi connectivity index (χ4n) is 3.63. The Labute approximate surface area is 219 Å². The Kier molecular flexibility index (Phi) is 7.85. The van der Waals surface area contributed by atoms with Crippen LogP contribution in [0.3, 0.4) is 0 Å². The number of nitrogens with one attached hydrogen (secondary N) is 1. The van der Waals surface area contributed by atoms with Crippen molar-refractivity contribution in [3.63, 3.8) is 0 Å². The maximum Gasteiger partial charge on any atom is 0.459 e. The summed E-state index contributed by atoms with van der Waals surface area (Å²) in [5.41, 5.74) is 5.30. The SMILES string of the molecule is CC(C)OC(=O)[C@H](C)NP(=O)(OC[C@H]1O[C@@H](n2cnc3c(N)ncnc32)C(F)(F)C1(F)F)Oc1ccccc1. The molecule has 0 aliphatic carbocycles. The summed E-state index contributed by atoms with van der Waals surface area (Å²) < 4.78 is 94.7. The molecule has 4 atom stereocenters. The van der Waals surface area contributed by atoms with Gasteiger partial charge >= 0.3 is 25.6 Å². The van der Waals surface area contributed by atoms with Crippen LogP contribution in [0, 0.1) is 0 Å². The lowest BCUT2D eigenvalue weighted by atomic mass is 10.1. The van der Waals surface area contributed by atoms with E-state index >= 15 is 8.78 Å². The van der Waals surface area contributed by atoms with E-state index in [1.165, 1.54) is 31.2 Å². The number of carbonyl (C=O) groups excluding carboxylic acids is 1. The van der Waals surface area contributed by atoms with Crippen LogP contribution < -0.4 is 15.3 Å². The lowest BCUT2D eigenvalue weighted by molar-refractivity contribution is -0.208. The Morgan fingerprint density at radius 2 is 1.85 bits per heavy atom. The first-order valence-electron chi connectivity index (χ1n) is 11.6. The molecule has 1 aliphatic rings. The van der Waals surface area contributed by atoms with E-state index in [0.717, 1.165) is 12.7 Å². The first kappa shape index (κ1) is 28.7. The van der Waals surface area contributed by atoms with Gasteiger partial charge in [0.1, 0.15) is 23.6 Å². The highest BCUT2D eigenvalue weighted by Crippen LogP contribution is 2.55. The largest absolute Gasteiger partial charge is 0.462 e. The predicted octanol–water partition coefficient (Wildman–Crippen LogP) is 3.71. The summed E-state index contributed by atoms with van der Waals surface area (Å²) in [5.74, 6) is -10.6. The summed E-state index contributed by atoms with van der Waals surface area (Å²) >= 11 is 0. The van der Waals surface area contributed by atoms with Gasteiger partial charge in [-0.3, -0.25) is 13.9 Å². The number of nitrogens with zero attached hydrogens (tertiary/aromatic N) is 4. The molecule has 4 rings (SSSR count). The number of rotatable bonds is 10. The molecule has 3 heterocycles. The number of carbonyl (C=O) groups is 1. The van der Waals surface area contributed by atoms with Crippen molar-refractivity contribution in [2.75, 3.05) is 12.3 Å². The fourth-order valence-corrected chi connectivity index (χ4v) is 5.12. The number of nitrogen functional groups attached to an aromatic ring is 1. The number of ether oxygens (including phenoxy) is 2. The van der Waals surface area contributed by atoms with Crippen LogP contribution in [0.25, 0.3) is 11.2 Å². The van der Waals surface area contributed by atoms with Gasteiger partial charge in [0.05, 0.1) is 19.0 Å². The van der Waals surface area contributed by atoms with Crippen LogP contribution >= 0.6 is 7.75 Å². The van der Waals surface area contributed by atoms with Crippen LogP contribution in [0.5, 0.6) is 5.75 Å². The normalized spacial score (nSPS) is 22.5. The lowest BCUT2D eigenvalue weighted by Crippen LogP contribution is -2.46. The van der Waals surface area contributed by atoms with Crippen molar-refractivity contribution in [3.05, 3.63) is 43.0 Å². The highest BCUT2D eigenvalue weighted by atomic mass is 31.2. The number of halogens is 4. The van der Waals surface area contributed by atoms with Crippen molar-refractivity contribution in [2.45, 2.75) is 57.1 Å². The minimum absolute atomic E-state index is 0.0118. The second-order valence-electron chi connectivity index (χ2n) is 8.84. The molecule has 0 bridgehead atoms. The number of anilines is 1. The molecule has 1 fully saturated rings. The van der Waals surface area contributed by atoms with Gasteiger partial charge in [0, 0.05) is 0 Å². The van der Waals surface area contributed by atoms with Gasteiger partial charge < -0.3 is 19.7 Å². The number of aromatic nitrogens is 4. The predicted molar refractivity (Wildman–Crippen MR) is 128 cm³/mol. The van der Waals surface area contributed by atoms with Crippen molar-refractivity contribution in [3.8, 4) is 5.75 Å². The average Bonchev–Trinajstić information content (AvgIpc) is 3.35. The van der Waals surface area contributed by atoms with Crippen LogP contribution in [0.2, 0.25) is 0 Å². The fraction of sp³-hybridized carbons (Fsp3) is 0.455. The number of alkyl halides is 4. The number of imidazole rings is 1. The van der Waals surface area contributed by atoms with Gasteiger partial charge in [-0.15, -0.1) is 0 Å². The molecule has 0 saturated carbocycles. The first-order valence-corrected chi connectivity index (χ1v) is 13.1. The van der Waals surface area contributed by atoms with Crippen molar-refractivity contribution >= 4 is 30.7 Å². The summed E-state index contributed by atoms with van der Waals surface area (Å²) in [6, 6.07) is 6.17. The molecule has 1 saturated heterocycles. The minimum Gasteiger partial charge on any atom is -0.462 e. The molecule has 12 nitrogen and oxygen atoms in total. The molecule has 0 radical (unpaired) electrons. The molecule has 0 amide bonds. The first-order chi connectivity index (χ1) is 18.2. The van der Waals surface area contributed by atoms with E-state index in [0.29, 0.717) is 4.57 Å². The van der Waals surface area contributed by atoms with Crippen LogP contribution in [0.15, 0.2) is 43.0 Å². The number of hydrogen-bond donors (Lipinski definition) is 2. The van der Waals surface area contributed by atoms with Gasteiger partial charge in [0.15, 0.2) is 17.6 Å². The second kappa shape index (κ2) is 10.7. The zero-order chi connectivity index (χ0) is 28.6. The average molecular weight is 576 g/mol. The Morgan fingerprint density at radius 3 is 2.51 bits per heavy atom.